The van der Waals surface area contributed by atoms with Crippen LogP contribution < -0.4 is 11.1 Å². The van der Waals surface area contributed by atoms with Gasteiger partial charge in [-0.25, -0.2) is 0 Å². The van der Waals surface area contributed by atoms with Gasteiger partial charge < -0.3 is 10.6 Å². The largest absolute Gasteiger partial charge is 0.327 e. The van der Waals surface area contributed by atoms with Gasteiger partial charge in [0.25, 0.3) is 5.91 Å². The zero-order valence-electron chi connectivity index (χ0n) is 16.5. The van der Waals surface area contributed by atoms with E-state index in [-0.39, 0.29) is 35.6 Å². The Morgan fingerprint density at radius 2 is 2.04 bits per heavy atom. The summed E-state index contributed by atoms with van der Waals surface area (Å²) in [5, 5.41) is 2.35. The molecule has 1 aromatic rings. The number of rotatable bonds is 3. The molecule has 0 saturated carbocycles. The topological polar surface area (TPSA) is 95.7 Å². The predicted molar refractivity (Wildman–Crippen MR) is 104 cm³/mol. The van der Waals surface area contributed by atoms with Gasteiger partial charge in [-0.2, -0.15) is 0 Å². The maximum atomic E-state index is 13.2. The number of nitrogens with zero attached hydrogens (tertiary/aromatic N) is 2. The molecule has 2 saturated heterocycles. The Bertz CT molecular complexity index is 835. The van der Waals surface area contributed by atoms with E-state index in [1.165, 1.54) is 0 Å². The molecule has 3 heterocycles. The number of benzene rings is 1. The van der Waals surface area contributed by atoms with Crippen molar-refractivity contribution in [3.8, 4) is 0 Å². The number of carbonyl (C=O) groups is 3. The summed E-state index contributed by atoms with van der Waals surface area (Å²) in [5.41, 5.74) is 9.05. The number of hydrogen-bond donors (Lipinski definition) is 2. The second-order valence-electron chi connectivity index (χ2n) is 9.15. The Morgan fingerprint density at radius 1 is 1.25 bits per heavy atom. The van der Waals surface area contributed by atoms with Gasteiger partial charge in [0.2, 0.25) is 11.8 Å². The lowest BCUT2D eigenvalue weighted by molar-refractivity contribution is -0.136. The Morgan fingerprint density at radius 3 is 2.75 bits per heavy atom. The van der Waals surface area contributed by atoms with Crippen LogP contribution in [0.3, 0.4) is 0 Å². The van der Waals surface area contributed by atoms with Crippen molar-refractivity contribution < 1.29 is 14.4 Å². The number of likely N-dealkylation sites (tertiary alicyclic amines) is 1. The molecule has 0 spiro atoms. The summed E-state index contributed by atoms with van der Waals surface area (Å²) in [6.45, 7) is 7.30. The number of imide groups is 1. The highest BCUT2D eigenvalue weighted by molar-refractivity contribution is 6.05. The number of nitrogens with one attached hydrogen (secondary N) is 1. The van der Waals surface area contributed by atoms with Gasteiger partial charge >= 0.3 is 0 Å². The van der Waals surface area contributed by atoms with Crippen molar-refractivity contribution in [2.75, 3.05) is 13.1 Å². The summed E-state index contributed by atoms with van der Waals surface area (Å²) in [6, 6.07) is 5.49. The molecule has 2 atom stereocenters. The average Bonchev–Trinajstić information content (AvgIpc) is 2.91. The molecule has 3 aliphatic rings. The van der Waals surface area contributed by atoms with E-state index in [1.54, 1.807) is 4.90 Å². The smallest absolute Gasteiger partial charge is 0.255 e. The van der Waals surface area contributed by atoms with Gasteiger partial charge in [-0.15, -0.1) is 0 Å². The van der Waals surface area contributed by atoms with E-state index in [4.69, 9.17) is 5.73 Å². The van der Waals surface area contributed by atoms with E-state index in [2.05, 4.69) is 24.1 Å². The molecule has 2 unspecified atom stereocenters. The highest BCUT2D eigenvalue weighted by Crippen LogP contribution is 2.33. The molecule has 28 heavy (non-hydrogen) atoms. The van der Waals surface area contributed by atoms with Crippen LogP contribution in [0.5, 0.6) is 0 Å². The minimum Gasteiger partial charge on any atom is -0.327 e. The van der Waals surface area contributed by atoms with E-state index in [9.17, 15) is 14.4 Å². The first kappa shape index (κ1) is 19.1. The minimum atomic E-state index is -0.576. The zero-order valence-corrected chi connectivity index (χ0v) is 16.5. The highest BCUT2D eigenvalue weighted by Gasteiger charge is 2.40. The lowest BCUT2D eigenvalue weighted by Crippen LogP contribution is -2.52. The molecule has 0 aliphatic carbocycles. The molecule has 0 radical (unpaired) electrons. The first-order valence-electron chi connectivity index (χ1n) is 9.97. The van der Waals surface area contributed by atoms with Crippen LogP contribution in [0.2, 0.25) is 0 Å². The molecule has 3 amide bonds. The summed E-state index contributed by atoms with van der Waals surface area (Å²) < 4.78 is 0. The molecular formula is C21H28N4O3. The van der Waals surface area contributed by atoms with Crippen LogP contribution in [-0.2, 0) is 22.7 Å². The molecule has 3 aliphatic heterocycles. The van der Waals surface area contributed by atoms with Crippen LogP contribution in [0.4, 0.5) is 0 Å². The number of nitrogens with two attached hydrogens (primary N) is 1. The molecule has 1 aromatic carbocycles. The van der Waals surface area contributed by atoms with Crippen molar-refractivity contribution in [1.82, 2.24) is 15.1 Å². The quantitative estimate of drug-likeness (QED) is 0.758. The molecule has 3 N–H and O–H groups in total. The average molecular weight is 384 g/mol. The molecule has 150 valence electrons. The number of fused-ring (bicyclic) bond motifs is 1. The molecule has 7 heteroatoms. The first-order valence-corrected chi connectivity index (χ1v) is 9.97. The predicted octanol–water partition coefficient (Wildman–Crippen LogP) is 1.01. The third-order valence-corrected chi connectivity index (χ3v) is 5.99. The van der Waals surface area contributed by atoms with Crippen LogP contribution in [0.15, 0.2) is 18.2 Å². The molecule has 4 rings (SSSR count). The van der Waals surface area contributed by atoms with E-state index in [0.29, 0.717) is 25.1 Å². The Kier molecular flexibility index (Phi) is 4.75. The fourth-order valence-electron chi connectivity index (χ4n) is 5.02. The van der Waals surface area contributed by atoms with Crippen LogP contribution in [0.25, 0.3) is 0 Å². The van der Waals surface area contributed by atoms with Gasteiger partial charge in [0.05, 0.1) is 0 Å². The maximum absolute atomic E-state index is 13.2. The number of piperidine rings is 2. The molecule has 7 nitrogen and oxygen atoms in total. The minimum absolute atomic E-state index is 0.110. The van der Waals surface area contributed by atoms with E-state index >= 15 is 0 Å². The maximum Gasteiger partial charge on any atom is 0.255 e. The zero-order chi connectivity index (χ0) is 20.1. The molecule has 2 fully saturated rings. The number of carbonyl (C=O) groups excluding carboxylic acids is 3. The van der Waals surface area contributed by atoms with Crippen LogP contribution in [0.1, 0.15) is 54.6 Å². The lowest BCUT2D eigenvalue weighted by atomic mass is 9.82. The second-order valence-corrected chi connectivity index (χ2v) is 9.15. The molecular weight excluding hydrogens is 356 g/mol. The Labute approximate surface area is 165 Å². The lowest BCUT2D eigenvalue weighted by Gasteiger charge is -2.41. The summed E-state index contributed by atoms with van der Waals surface area (Å²) >= 11 is 0. The fourth-order valence-corrected chi connectivity index (χ4v) is 5.02. The van der Waals surface area contributed by atoms with Crippen molar-refractivity contribution in [3.05, 3.63) is 34.9 Å². The summed E-state index contributed by atoms with van der Waals surface area (Å²) in [4.78, 5) is 40.8. The van der Waals surface area contributed by atoms with Crippen molar-refractivity contribution in [2.24, 2.45) is 11.1 Å². The van der Waals surface area contributed by atoms with Crippen LogP contribution in [0, 0.1) is 5.41 Å². The van der Waals surface area contributed by atoms with E-state index in [1.807, 2.05) is 18.2 Å². The summed E-state index contributed by atoms with van der Waals surface area (Å²) in [7, 11) is 0. The number of amides is 3. The fraction of sp³-hybridized carbons (Fsp3) is 0.571. The SMILES string of the molecule is CC1(C)CC(N)CN(Cc2cccc3c2C(=O)N(C2CCC(=O)NC2=O)C3)C1. The van der Waals surface area contributed by atoms with Gasteiger partial charge in [-0.1, -0.05) is 32.0 Å². The van der Waals surface area contributed by atoms with Crippen molar-refractivity contribution >= 4 is 17.7 Å². The van der Waals surface area contributed by atoms with E-state index < -0.39 is 6.04 Å². The van der Waals surface area contributed by atoms with Gasteiger partial charge in [0.15, 0.2) is 0 Å². The highest BCUT2D eigenvalue weighted by atomic mass is 16.2. The second kappa shape index (κ2) is 6.97. The van der Waals surface area contributed by atoms with Crippen molar-refractivity contribution in [3.63, 3.8) is 0 Å². The summed E-state index contributed by atoms with van der Waals surface area (Å²) in [6.07, 6.45) is 1.65. The van der Waals surface area contributed by atoms with Crippen molar-refractivity contribution in [2.45, 2.75) is 58.3 Å². The standard InChI is InChI=1S/C21H28N4O3/c1-21(2)8-15(22)11-24(12-21)9-13-4-3-5-14-10-25(20(28)18(13)14)16-6-7-17(26)23-19(16)27/h3-5,15-16H,6-12,22H2,1-2H3,(H,23,26,27). The normalized spacial score (nSPS) is 27.7. The summed E-state index contributed by atoms with van der Waals surface area (Å²) in [5.74, 6) is -0.751. The Balaban J connectivity index is 1.55. The van der Waals surface area contributed by atoms with Gasteiger partial charge in [-0.3, -0.25) is 24.6 Å². The van der Waals surface area contributed by atoms with E-state index in [0.717, 1.165) is 30.6 Å². The first-order chi connectivity index (χ1) is 13.2. The van der Waals surface area contributed by atoms with Crippen LogP contribution >= 0.6 is 0 Å². The third kappa shape index (κ3) is 3.56. The Hall–Kier alpha value is -2.25. The van der Waals surface area contributed by atoms with Crippen LogP contribution in [-0.4, -0.2) is 52.7 Å². The van der Waals surface area contributed by atoms with Gasteiger partial charge in [0, 0.05) is 44.2 Å². The molecule has 0 bridgehead atoms. The monoisotopic (exact) mass is 384 g/mol. The van der Waals surface area contributed by atoms with Gasteiger partial charge in [-0.05, 0) is 29.4 Å². The van der Waals surface area contributed by atoms with Gasteiger partial charge in [0.1, 0.15) is 6.04 Å². The third-order valence-electron chi connectivity index (χ3n) is 5.99. The molecule has 0 aromatic heterocycles. The van der Waals surface area contributed by atoms with Crippen molar-refractivity contribution in [1.29, 1.82) is 0 Å². The number of hydrogen-bond acceptors (Lipinski definition) is 5.